The molecule has 0 saturated carbocycles. The molecule has 0 amide bonds. The lowest BCUT2D eigenvalue weighted by Gasteiger charge is -2.44. The van der Waals surface area contributed by atoms with Crippen molar-refractivity contribution in [1.29, 1.82) is 0 Å². The summed E-state index contributed by atoms with van der Waals surface area (Å²) in [5.74, 6) is 0. The minimum absolute atomic E-state index is 0.0948. The van der Waals surface area contributed by atoms with Gasteiger partial charge in [-0.3, -0.25) is 14.3 Å². The number of aromatic nitrogens is 2. The van der Waals surface area contributed by atoms with Gasteiger partial charge in [0, 0.05) is 11.6 Å². The van der Waals surface area contributed by atoms with Gasteiger partial charge in [-0.15, -0.1) is 0 Å². The number of hydrogen-bond donors (Lipinski definition) is 3. The zero-order chi connectivity index (χ0) is 20.7. The molecule has 0 spiro atoms. The molecule has 0 aliphatic carbocycles. The Morgan fingerprint density at radius 2 is 1.96 bits per heavy atom. The average molecular weight is 526 g/mol. The Labute approximate surface area is 175 Å². The van der Waals surface area contributed by atoms with E-state index in [1.165, 1.54) is 10.6 Å². The van der Waals surface area contributed by atoms with Gasteiger partial charge in [-0.1, -0.05) is 33.9 Å². The molecule has 0 radical (unpaired) electrons. The van der Waals surface area contributed by atoms with Crippen molar-refractivity contribution in [2.24, 2.45) is 0 Å². The third-order valence-corrected chi connectivity index (χ3v) is 12.5. The first-order valence-corrected chi connectivity index (χ1v) is 13.3. The lowest BCUT2D eigenvalue weighted by atomic mass is 10.1. The van der Waals surface area contributed by atoms with Crippen LogP contribution < -0.4 is 11.2 Å². The highest BCUT2D eigenvalue weighted by atomic mass is 79.9. The van der Waals surface area contributed by atoms with Crippen LogP contribution in [0.4, 0.5) is 0 Å². The molecular formula is C17H26Br2N2O5Si. The molecule has 0 bridgehead atoms. The number of nitrogens with one attached hydrogen (secondary N) is 1. The highest BCUT2D eigenvalue weighted by molar-refractivity contribution is 9.28. The Morgan fingerprint density at radius 3 is 2.44 bits per heavy atom. The number of halogens is 2. The molecule has 0 unspecified atom stereocenters. The van der Waals surface area contributed by atoms with E-state index in [2.05, 4.69) is 70.7 Å². The Bertz CT molecular complexity index is 839. The van der Waals surface area contributed by atoms with E-state index in [9.17, 15) is 19.8 Å². The Kier molecular flexibility index (Phi) is 6.81. The van der Waals surface area contributed by atoms with Crippen molar-refractivity contribution < 1.29 is 14.9 Å². The van der Waals surface area contributed by atoms with E-state index in [0.29, 0.717) is 9.09 Å². The summed E-state index contributed by atoms with van der Waals surface area (Å²) >= 11 is 6.51. The summed E-state index contributed by atoms with van der Waals surface area (Å²) in [7, 11) is -2.22. The SMILES string of the molecule is CC(C)(C)[Si](C)(C)[C@@H]1[C@H](O)[C@@H](CO)O[C@H]1n1c(C=C(Br)Br)cc(=O)[nH]c1=O. The Balaban J connectivity index is 2.74. The first-order valence-electron chi connectivity index (χ1n) is 8.64. The highest BCUT2D eigenvalue weighted by Crippen LogP contribution is 2.53. The largest absolute Gasteiger partial charge is 0.394 e. The molecule has 10 heteroatoms. The summed E-state index contributed by atoms with van der Waals surface area (Å²) < 4.78 is 7.87. The maximum atomic E-state index is 12.7. The molecule has 0 aromatic carbocycles. The number of aromatic amines is 1. The van der Waals surface area contributed by atoms with Crippen molar-refractivity contribution in [2.45, 2.75) is 62.9 Å². The predicted molar refractivity (Wildman–Crippen MR) is 115 cm³/mol. The van der Waals surface area contributed by atoms with Gasteiger partial charge in [0.05, 0.1) is 29.9 Å². The third-order valence-electron chi connectivity index (χ3n) is 5.83. The molecule has 4 atom stereocenters. The molecule has 152 valence electrons. The quantitative estimate of drug-likeness (QED) is 0.524. The minimum Gasteiger partial charge on any atom is -0.394 e. The van der Waals surface area contributed by atoms with Gasteiger partial charge in [0.2, 0.25) is 0 Å². The molecule has 27 heavy (non-hydrogen) atoms. The molecule has 1 saturated heterocycles. The van der Waals surface area contributed by atoms with E-state index in [1.54, 1.807) is 6.08 Å². The Hall–Kier alpha value is -0.523. The molecule has 1 aliphatic rings. The van der Waals surface area contributed by atoms with E-state index in [-0.39, 0.29) is 17.2 Å². The second-order valence-corrected chi connectivity index (χ2v) is 16.8. The molecular weight excluding hydrogens is 500 g/mol. The number of H-pyrrole nitrogens is 1. The topological polar surface area (TPSA) is 105 Å². The van der Waals surface area contributed by atoms with Crippen molar-refractivity contribution >= 4 is 46.0 Å². The maximum Gasteiger partial charge on any atom is 0.330 e. The number of hydrogen-bond acceptors (Lipinski definition) is 5. The monoisotopic (exact) mass is 524 g/mol. The first-order chi connectivity index (χ1) is 12.3. The number of ether oxygens (including phenoxy) is 1. The highest BCUT2D eigenvalue weighted by Gasteiger charge is 2.56. The van der Waals surface area contributed by atoms with Gasteiger partial charge in [0.1, 0.15) is 12.3 Å². The van der Waals surface area contributed by atoms with Crippen molar-refractivity contribution in [3.63, 3.8) is 0 Å². The van der Waals surface area contributed by atoms with Crippen LogP contribution in [-0.4, -0.2) is 46.7 Å². The standard InChI is InChI=1S/C17H26Br2N2O5Si/c1-17(2,3)27(4,5)14-13(24)10(8-22)26-15(14)21-9(6-11(18)19)7-12(23)20-16(21)25/h6-7,10,13-15,22,24H,8H2,1-5H3,(H,20,23,25)/t10-,13-,14-,15-/m1/s1. The predicted octanol–water partition coefficient (Wildman–Crippen LogP) is 2.75. The van der Waals surface area contributed by atoms with Crippen LogP contribution in [0, 0.1) is 0 Å². The number of aliphatic hydroxyl groups excluding tert-OH is 2. The van der Waals surface area contributed by atoms with Crippen LogP contribution in [0.2, 0.25) is 23.7 Å². The van der Waals surface area contributed by atoms with Gasteiger partial charge in [-0.2, -0.15) is 0 Å². The fourth-order valence-corrected chi connectivity index (χ4v) is 6.89. The number of nitrogens with zero attached hydrogens (tertiary/aromatic N) is 1. The lowest BCUT2D eigenvalue weighted by molar-refractivity contribution is -0.0462. The van der Waals surface area contributed by atoms with Gasteiger partial charge >= 0.3 is 5.69 Å². The van der Waals surface area contributed by atoms with E-state index < -0.39 is 37.8 Å². The molecule has 3 N–H and O–H groups in total. The molecule has 2 rings (SSSR count). The van der Waals surface area contributed by atoms with Crippen molar-refractivity contribution in [3.8, 4) is 0 Å². The van der Waals surface area contributed by atoms with Gasteiger partial charge in [-0.25, -0.2) is 4.79 Å². The Morgan fingerprint density at radius 1 is 1.37 bits per heavy atom. The van der Waals surface area contributed by atoms with Crippen LogP contribution in [0.5, 0.6) is 0 Å². The van der Waals surface area contributed by atoms with Crippen LogP contribution in [0.15, 0.2) is 19.0 Å². The van der Waals surface area contributed by atoms with Crippen LogP contribution >= 0.6 is 31.9 Å². The summed E-state index contributed by atoms with van der Waals surface area (Å²) in [6.07, 6.45) is -0.921. The molecule has 1 aromatic rings. The third kappa shape index (κ3) is 4.40. The van der Waals surface area contributed by atoms with Crippen molar-refractivity contribution in [3.05, 3.63) is 36.0 Å². The minimum atomic E-state index is -2.22. The maximum absolute atomic E-state index is 12.7. The second-order valence-electron chi connectivity index (χ2n) is 8.40. The van der Waals surface area contributed by atoms with Crippen LogP contribution in [0.25, 0.3) is 6.08 Å². The number of aliphatic hydroxyl groups is 2. The molecule has 1 aliphatic heterocycles. The van der Waals surface area contributed by atoms with E-state index in [1.807, 2.05) is 0 Å². The summed E-state index contributed by atoms with van der Waals surface area (Å²) in [6, 6.07) is 1.30. The molecule has 1 fully saturated rings. The van der Waals surface area contributed by atoms with Crippen molar-refractivity contribution in [1.82, 2.24) is 9.55 Å². The smallest absolute Gasteiger partial charge is 0.330 e. The summed E-state index contributed by atoms with van der Waals surface area (Å²) in [6.45, 7) is 10.3. The number of rotatable bonds is 4. The van der Waals surface area contributed by atoms with Gasteiger partial charge in [0.25, 0.3) is 5.56 Å². The fourth-order valence-electron chi connectivity index (χ4n) is 3.41. The lowest BCUT2D eigenvalue weighted by Crippen LogP contribution is -2.50. The molecule has 2 heterocycles. The normalized spacial score (nSPS) is 26.3. The zero-order valence-electron chi connectivity index (χ0n) is 16.0. The van der Waals surface area contributed by atoms with Gasteiger partial charge in [0.15, 0.2) is 0 Å². The fraction of sp³-hybridized carbons (Fsp3) is 0.647. The molecule has 7 nitrogen and oxygen atoms in total. The van der Waals surface area contributed by atoms with Crippen LogP contribution in [0.3, 0.4) is 0 Å². The zero-order valence-corrected chi connectivity index (χ0v) is 20.2. The van der Waals surface area contributed by atoms with E-state index >= 15 is 0 Å². The summed E-state index contributed by atoms with van der Waals surface area (Å²) in [5, 5.41) is 20.5. The van der Waals surface area contributed by atoms with Crippen molar-refractivity contribution in [2.75, 3.05) is 6.61 Å². The second kappa shape index (κ2) is 8.07. The van der Waals surface area contributed by atoms with Gasteiger partial charge in [-0.05, 0) is 43.0 Å². The van der Waals surface area contributed by atoms with Crippen LogP contribution in [0.1, 0.15) is 32.7 Å². The summed E-state index contributed by atoms with van der Waals surface area (Å²) in [5.41, 5.74) is -1.16. The molecule has 1 aromatic heterocycles. The first kappa shape index (κ1) is 22.8. The van der Waals surface area contributed by atoms with E-state index in [4.69, 9.17) is 4.74 Å². The van der Waals surface area contributed by atoms with Gasteiger partial charge < -0.3 is 14.9 Å². The van der Waals surface area contributed by atoms with E-state index in [0.717, 1.165) is 0 Å². The summed E-state index contributed by atoms with van der Waals surface area (Å²) in [4.78, 5) is 26.8. The average Bonchev–Trinajstić information content (AvgIpc) is 2.81. The van der Waals surface area contributed by atoms with Crippen LogP contribution in [-0.2, 0) is 4.74 Å².